The molecular formula is C21H27N5. The van der Waals surface area contributed by atoms with Gasteiger partial charge in [-0.2, -0.15) is 0 Å². The Kier molecular flexibility index (Phi) is 4.39. The second-order valence-electron chi connectivity index (χ2n) is 7.26. The van der Waals surface area contributed by atoms with E-state index in [0.29, 0.717) is 6.04 Å². The lowest BCUT2D eigenvalue weighted by Crippen LogP contribution is -2.36. The molecular weight excluding hydrogens is 322 g/mol. The number of hydrogen-bond acceptors (Lipinski definition) is 4. The van der Waals surface area contributed by atoms with Crippen molar-refractivity contribution < 1.29 is 0 Å². The number of benzene rings is 1. The Bertz CT molecular complexity index is 935. The van der Waals surface area contributed by atoms with Crippen molar-refractivity contribution in [2.75, 3.05) is 18.0 Å². The fourth-order valence-corrected chi connectivity index (χ4v) is 4.15. The topological polar surface area (TPSA) is 46.8 Å². The van der Waals surface area contributed by atoms with Gasteiger partial charge in [-0.15, -0.1) is 0 Å². The Labute approximate surface area is 155 Å². The molecule has 0 bridgehead atoms. The molecule has 0 aliphatic carbocycles. The molecule has 3 heterocycles. The molecule has 4 rings (SSSR count). The van der Waals surface area contributed by atoms with Crippen molar-refractivity contribution in [2.24, 2.45) is 0 Å². The number of aromatic nitrogens is 4. The molecule has 0 amide bonds. The first kappa shape index (κ1) is 17.0. The molecule has 1 fully saturated rings. The van der Waals surface area contributed by atoms with Crippen LogP contribution in [0.4, 0.5) is 5.82 Å². The molecule has 0 unspecified atom stereocenters. The molecule has 3 aromatic rings. The zero-order valence-corrected chi connectivity index (χ0v) is 16.2. The quantitative estimate of drug-likeness (QED) is 0.712. The number of nitrogens with zero attached hydrogens (tertiary/aromatic N) is 5. The van der Waals surface area contributed by atoms with Crippen molar-refractivity contribution in [1.29, 1.82) is 0 Å². The highest BCUT2D eigenvalue weighted by atomic mass is 15.2. The van der Waals surface area contributed by atoms with Gasteiger partial charge < -0.3 is 9.47 Å². The van der Waals surface area contributed by atoms with Crippen molar-refractivity contribution in [3.8, 4) is 0 Å². The van der Waals surface area contributed by atoms with Crippen LogP contribution < -0.4 is 4.90 Å². The highest BCUT2D eigenvalue weighted by Gasteiger charge is 2.25. The molecule has 5 heteroatoms. The van der Waals surface area contributed by atoms with E-state index in [9.17, 15) is 0 Å². The van der Waals surface area contributed by atoms with Gasteiger partial charge in [0.15, 0.2) is 0 Å². The van der Waals surface area contributed by atoms with Crippen LogP contribution in [0.1, 0.15) is 48.7 Å². The summed E-state index contributed by atoms with van der Waals surface area (Å²) >= 11 is 0. The Morgan fingerprint density at radius 1 is 1.00 bits per heavy atom. The number of piperidine rings is 1. The molecule has 0 N–H and O–H groups in total. The van der Waals surface area contributed by atoms with E-state index in [4.69, 9.17) is 9.97 Å². The van der Waals surface area contributed by atoms with Gasteiger partial charge in [0.1, 0.15) is 17.5 Å². The van der Waals surface area contributed by atoms with E-state index < -0.39 is 0 Å². The van der Waals surface area contributed by atoms with E-state index in [0.717, 1.165) is 55.2 Å². The molecule has 1 aromatic carbocycles. The van der Waals surface area contributed by atoms with Crippen LogP contribution in [0.3, 0.4) is 0 Å². The van der Waals surface area contributed by atoms with E-state index in [1.54, 1.807) is 0 Å². The van der Waals surface area contributed by atoms with Gasteiger partial charge in [-0.1, -0.05) is 19.1 Å². The summed E-state index contributed by atoms with van der Waals surface area (Å²) in [5.41, 5.74) is 4.68. The van der Waals surface area contributed by atoms with Crippen molar-refractivity contribution >= 4 is 16.9 Å². The Morgan fingerprint density at radius 3 is 2.46 bits per heavy atom. The van der Waals surface area contributed by atoms with Gasteiger partial charge in [0.2, 0.25) is 0 Å². The molecule has 136 valence electrons. The smallest absolute Gasteiger partial charge is 0.135 e. The summed E-state index contributed by atoms with van der Waals surface area (Å²) in [7, 11) is 0. The van der Waals surface area contributed by atoms with E-state index in [1.165, 1.54) is 16.9 Å². The highest BCUT2D eigenvalue weighted by molar-refractivity contribution is 5.76. The molecule has 0 saturated carbocycles. The Hall–Kier alpha value is -2.43. The van der Waals surface area contributed by atoms with Gasteiger partial charge >= 0.3 is 0 Å². The second kappa shape index (κ2) is 6.71. The summed E-state index contributed by atoms with van der Waals surface area (Å²) in [5, 5.41) is 0. The van der Waals surface area contributed by atoms with Crippen molar-refractivity contribution in [3.05, 3.63) is 47.2 Å². The monoisotopic (exact) mass is 349 g/mol. The van der Waals surface area contributed by atoms with Crippen LogP contribution in [-0.2, 0) is 6.42 Å². The molecule has 0 atom stereocenters. The number of fused-ring (bicyclic) bond motifs is 1. The fourth-order valence-electron chi connectivity index (χ4n) is 4.15. The molecule has 1 aliphatic heterocycles. The number of para-hydroxylation sites is 2. The number of anilines is 1. The van der Waals surface area contributed by atoms with Crippen molar-refractivity contribution in [3.63, 3.8) is 0 Å². The van der Waals surface area contributed by atoms with Gasteiger partial charge in [0.05, 0.1) is 11.0 Å². The summed E-state index contributed by atoms with van der Waals surface area (Å²) in [5.74, 6) is 3.17. The first-order chi connectivity index (χ1) is 12.6. The minimum atomic E-state index is 0.512. The summed E-state index contributed by atoms with van der Waals surface area (Å²) in [4.78, 5) is 16.5. The summed E-state index contributed by atoms with van der Waals surface area (Å²) in [6.45, 7) is 10.4. The maximum atomic E-state index is 4.85. The van der Waals surface area contributed by atoms with Gasteiger partial charge in [0.25, 0.3) is 0 Å². The minimum absolute atomic E-state index is 0.512. The largest absolute Gasteiger partial charge is 0.356 e. The van der Waals surface area contributed by atoms with Crippen molar-refractivity contribution in [1.82, 2.24) is 19.5 Å². The molecule has 2 aromatic heterocycles. The van der Waals surface area contributed by atoms with Crippen LogP contribution in [0, 0.1) is 20.8 Å². The van der Waals surface area contributed by atoms with Crippen LogP contribution in [0.5, 0.6) is 0 Å². The summed E-state index contributed by atoms with van der Waals surface area (Å²) < 4.78 is 2.48. The molecule has 26 heavy (non-hydrogen) atoms. The predicted molar refractivity (Wildman–Crippen MR) is 106 cm³/mol. The lowest BCUT2D eigenvalue weighted by atomic mass is 10.0. The predicted octanol–water partition coefficient (Wildman–Crippen LogP) is 4.16. The van der Waals surface area contributed by atoms with Crippen LogP contribution in [0.2, 0.25) is 0 Å². The second-order valence-corrected chi connectivity index (χ2v) is 7.26. The third-order valence-corrected chi connectivity index (χ3v) is 5.59. The highest BCUT2D eigenvalue weighted by Crippen LogP contribution is 2.31. The number of rotatable bonds is 3. The summed E-state index contributed by atoms with van der Waals surface area (Å²) in [6, 6.07) is 9.03. The molecule has 0 spiro atoms. The SMILES string of the molecule is CCc1nc2ccccc2n1C1CCN(c2nc(C)nc(C)c2C)CC1. The van der Waals surface area contributed by atoms with Crippen LogP contribution in [0.15, 0.2) is 24.3 Å². The lowest BCUT2D eigenvalue weighted by Gasteiger charge is -2.35. The van der Waals surface area contributed by atoms with Crippen molar-refractivity contribution in [2.45, 2.75) is 53.0 Å². The zero-order valence-electron chi connectivity index (χ0n) is 16.2. The third kappa shape index (κ3) is 2.85. The Morgan fingerprint density at radius 2 is 1.73 bits per heavy atom. The molecule has 0 radical (unpaired) electrons. The van der Waals surface area contributed by atoms with E-state index in [-0.39, 0.29) is 0 Å². The first-order valence-corrected chi connectivity index (χ1v) is 9.61. The molecule has 1 aliphatic rings. The van der Waals surface area contributed by atoms with Gasteiger partial charge in [-0.25, -0.2) is 15.0 Å². The third-order valence-electron chi connectivity index (χ3n) is 5.59. The minimum Gasteiger partial charge on any atom is -0.356 e. The molecule has 5 nitrogen and oxygen atoms in total. The average molecular weight is 349 g/mol. The number of aryl methyl sites for hydroxylation is 3. The number of imidazole rings is 1. The summed E-state index contributed by atoms with van der Waals surface area (Å²) in [6.07, 6.45) is 3.21. The standard InChI is InChI=1S/C21H27N5/c1-5-20-24-18-8-6-7-9-19(18)26(20)17-10-12-25(13-11-17)21-14(2)15(3)22-16(4)23-21/h6-9,17H,5,10-13H2,1-4H3. The van der Waals surface area contributed by atoms with Crippen LogP contribution >= 0.6 is 0 Å². The van der Waals surface area contributed by atoms with E-state index in [1.807, 2.05) is 6.92 Å². The maximum Gasteiger partial charge on any atom is 0.135 e. The Balaban J connectivity index is 1.60. The van der Waals surface area contributed by atoms with E-state index in [2.05, 4.69) is 59.5 Å². The lowest BCUT2D eigenvalue weighted by molar-refractivity contribution is 0.393. The van der Waals surface area contributed by atoms with Gasteiger partial charge in [-0.05, 0) is 45.7 Å². The maximum absolute atomic E-state index is 4.85. The van der Waals surface area contributed by atoms with Crippen LogP contribution in [-0.4, -0.2) is 32.6 Å². The van der Waals surface area contributed by atoms with Gasteiger partial charge in [0, 0.05) is 36.8 Å². The van der Waals surface area contributed by atoms with Crippen LogP contribution in [0.25, 0.3) is 11.0 Å². The van der Waals surface area contributed by atoms with E-state index >= 15 is 0 Å². The van der Waals surface area contributed by atoms with Gasteiger partial charge in [-0.3, -0.25) is 0 Å². The fraction of sp³-hybridized carbons (Fsp3) is 0.476. The first-order valence-electron chi connectivity index (χ1n) is 9.61. The molecule has 1 saturated heterocycles. The zero-order chi connectivity index (χ0) is 18.3. The normalized spacial score (nSPS) is 15.8. The number of hydrogen-bond donors (Lipinski definition) is 0. The average Bonchev–Trinajstić information content (AvgIpc) is 3.03.